The Morgan fingerprint density at radius 2 is 0.633 bits per heavy atom. The zero-order valence-electron chi connectivity index (χ0n) is 70.7. The average molecular weight is 1570 g/mol. The number of hydrogen-bond donors (Lipinski definition) is 20. The SMILES string of the molecule is CC(CCN)CC(C)(C)CN.CC(N)COC(COCCN)COCC(COCCN)OCC(C)N.CC(N)COC(COCCN)COCC(COCCN)OCC(C)N.NC1CCCC(N)C1.NCC1CCCC(CN)C1.NCCCCCCCCCCCCN.NCCCCCCN.Nc1cccc(N)c1. The largest absolute Gasteiger partial charge is 0.399 e. The molecule has 13 atom stereocenters. The molecule has 1 aromatic rings. The van der Waals surface area contributed by atoms with Crippen molar-refractivity contribution in [2.75, 3.05) is 196 Å². The van der Waals surface area contributed by atoms with Crippen molar-refractivity contribution in [3.63, 3.8) is 0 Å². The number of anilines is 2. The molecule has 0 amide bonds. The van der Waals surface area contributed by atoms with Crippen LogP contribution in [0.15, 0.2) is 24.3 Å². The molecule has 0 aliphatic heterocycles. The monoisotopic (exact) mass is 1570 g/mol. The van der Waals surface area contributed by atoms with Crippen LogP contribution in [-0.2, 0) is 47.4 Å². The van der Waals surface area contributed by atoms with E-state index in [4.69, 9.17) is 162 Å². The zero-order valence-corrected chi connectivity index (χ0v) is 70.7. The summed E-state index contributed by atoms with van der Waals surface area (Å²) in [5, 5.41) is 0. The Morgan fingerprint density at radius 3 is 0.844 bits per heavy atom. The van der Waals surface area contributed by atoms with Gasteiger partial charge in [-0.25, -0.2) is 0 Å². The van der Waals surface area contributed by atoms with E-state index in [2.05, 4.69) is 20.8 Å². The summed E-state index contributed by atoms with van der Waals surface area (Å²) in [7, 11) is 0. The lowest BCUT2D eigenvalue weighted by Gasteiger charge is -2.26. The molecule has 2 aliphatic carbocycles. The number of ether oxygens (including phenoxy) is 10. The van der Waals surface area contributed by atoms with E-state index in [1.807, 2.05) is 33.8 Å². The number of benzene rings is 1. The Kier molecular flexibility index (Phi) is 93.1. The van der Waals surface area contributed by atoms with Crippen LogP contribution in [0.2, 0.25) is 0 Å². The van der Waals surface area contributed by atoms with Gasteiger partial charge in [0.2, 0.25) is 0 Å². The first-order valence-electron chi connectivity index (χ1n) is 41.8. The fraction of sp³-hybridized carbons (Fsp3) is 0.924. The van der Waals surface area contributed by atoms with Crippen molar-refractivity contribution >= 4 is 11.4 Å². The second kappa shape index (κ2) is 88.1. The van der Waals surface area contributed by atoms with E-state index in [1.54, 1.807) is 18.2 Å². The molecule has 2 saturated carbocycles. The zero-order chi connectivity index (χ0) is 82.8. The highest BCUT2D eigenvalue weighted by Crippen LogP contribution is 2.27. The predicted octanol–water partition coefficient (Wildman–Crippen LogP) is 3.23. The second-order valence-corrected chi connectivity index (χ2v) is 30.3. The molecular weight excluding hydrogens is 1390 g/mol. The van der Waals surface area contributed by atoms with E-state index in [9.17, 15) is 0 Å². The van der Waals surface area contributed by atoms with E-state index in [0.29, 0.717) is 161 Å². The van der Waals surface area contributed by atoms with Gasteiger partial charge in [-0.1, -0.05) is 104 Å². The van der Waals surface area contributed by atoms with E-state index in [0.717, 1.165) is 89.9 Å². The van der Waals surface area contributed by atoms with Crippen LogP contribution in [-0.4, -0.2) is 245 Å². The van der Waals surface area contributed by atoms with E-state index in [-0.39, 0.29) is 54.0 Å². The number of unbranched alkanes of at least 4 members (excludes halogenated alkanes) is 12. The van der Waals surface area contributed by atoms with Crippen molar-refractivity contribution in [3.05, 3.63) is 24.3 Å². The third-order valence-electron chi connectivity index (χ3n) is 17.0. The van der Waals surface area contributed by atoms with E-state index >= 15 is 0 Å². The van der Waals surface area contributed by atoms with Gasteiger partial charge in [0.1, 0.15) is 24.4 Å². The van der Waals surface area contributed by atoms with Gasteiger partial charge in [-0.05, 0) is 198 Å². The van der Waals surface area contributed by atoms with Crippen LogP contribution in [0, 0.1) is 23.2 Å². The Morgan fingerprint density at radius 1 is 0.358 bits per heavy atom. The van der Waals surface area contributed by atoms with E-state index < -0.39 is 0 Å². The quantitative estimate of drug-likeness (QED) is 0.0329. The van der Waals surface area contributed by atoms with Crippen LogP contribution in [0.25, 0.3) is 0 Å². The lowest BCUT2D eigenvalue weighted by Crippen LogP contribution is -2.35. The molecule has 30 nitrogen and oxygen atoms in total. The summed E-state index contributed by atoms with van der Waals surface area (Å²) < 4.78 is 56.0. The molecule has 2 aliphatic rings. The summed E-state index contributed by atoms with van der Waals surface area (Å²) >= 11 is 0. The molecule has 0 aromatic heterocycles. The van der Waals surface area contributed by atoms with E-state index in [1.165, 1.54) is 128 Å². The normalized spacial score (nSPS) is 17.9. The molecule has 0 bridgehead atoms. The fourth-order valence-electron chi connectivity index (χ4n) is 11.0. The van der Waals surface area contributed by atoms with Gasteiger partial charge in [0.25, 0.3) is 0 Å². The molecule has 658 valence electrons. The van der Waals surface area contributed by atoms with Crippen LogP contribution in [0.1, 0.15) is 203 Å². The number of nitrogen functional groups attached to an aromatic ring is 2. The van der Waals surface area contributed by atoms with Crippen LogP contribution in [0.4, 0.5) is 11.4 Å². The predicted molar refractivity (Wildman–Crippen MR) is 459 cm³/mol. The van der Waals surface area contributed by atoms with Gasteiger partial charge < -0.3 is 162 Å². The Balaban J connectivity index is -0.000000395. The molecule has 0 heterocycles. The van der Waals surface area contributed by atoms with Gasteiger partial charge in [-0.15, -0.1) is 0 Å². The highest BCUT2D eigenvalue weighted by atomic mass is 16.6. The van der Waals surface area contributed by atoms with Crippen LogP contribution in [0.3, 0.4) is 0 Å². The first-order valence-corrected chi connectivity index (χ1v) is 41.8. The molecule has 2 fully saturated rings. The summed E-state index contributed by atoms with van der Waals surface area (Å²) in [5.74, 6) is 2.24. The molecule has 0 saturated heterocycles. The van der Waals surface area contributed by atoms with Crippen LogP contribution < -0.4 is 115 Å². The van der Waals surface area contributed by atoms with Crippen molar-refractivity contribution < 1.29 is 47.4 Å². The third-order valence-corrected chi connectivity index (χ3v) is 17.0. The minimum absolute atomic E-state index is 0.0520. The molecule has 40 N–H and O–H groups in total. The Bertz CT molecular complexity index is 1740. The lowest BCUT2D eigenvalue weighted by atomic mass is 9.81. The number of rotatable bonds is 59. The first-order chi connectivity index (χ1) is 52.3. The topological polar surface area (TPSA) is 613 Å². The molecule has 1 aromatic carbocycles. The molecule has 109 heavy (non-hydrogen) atoms. The second-order valence-electron chi connectivity index (χ2n) is 30.3. The Labute approximate surface area is 665 Å². The summed E-state index contributed by atoms with van der Waals surface area (Å²) in [6, 6.07) is 7.72. The highest BCUT2D eigenvalue weighted by molar-refractivity contribution is 5.50. The smallest absolute Gasteiger partial charge is 0.104 e. The van der Waals surface area contributed by atoms with Gasteiger partial charge in [0.05, 0.1) is 106 Å². The van der Waals surface area contributed by atoms with Crippen LogP contribution >= 0.6 is 0 Å². The van der Waals surface area contributed by atoms with Crippen molar-refractivity contribution in [1.82, 2.24) is 0 Å². The van der Waals surface area contributed by atoms with Gasteiger partial charge in [-0.3, -0.25) is 0 Å². The van der Waals surface area contributed by atoms with Gasteiger partial charge >= 0.3 is 0 Å². The summed E-state index contributed by atoms with van der Waals surface area (Å²) in [4.78, 5) is 0. The maximum absolute atomic E-state index is 5.73. The van der Waals surface area contributed by atoms with Crippen molar-refractivity contribution in [3.8, 4) is 0 Å². The molecule has 13 unspecified atom stereocenters. The number of hydrogen-bond acceptors (Lipinski definition) is 30. The van der Waals surface area contributed by atoms with Crippen molar-refractivity contribution in [2.24, 2.45) is 126 Å². The van der Waals surface area contributed by atoms with Gasteiger partial charge in [0.15, 0.2) is 0 Å². The standard InChI is InChI=1S/2C16H38N4O5.C12H28N2.C9H22N2.C8H18N2.C6H14N2.C6H8N2.C6H16N2/c2*1-13(19)7-24-15(9-21-5-3-17)11-23-12-16(10-22-6-4-18)25-8-14(2)20;13-11-9-7-5-3-1-2-4-6-8-10-12-14;1-8(4-5-10)6-9(2,3)7-11;9-5-7-2-1-3-8(4-7)6-10;2*7-5-2-1-3-6(8)4-5;7-5-3-1-2-4-6-8/h2*13-16H,3-12,17-20H2,1-2H3;1-14H2;8H,4-7,10-11H2,1-3H3;7-8H,1-6,9-10H2;5-6H,1-4,7-8H2;1-4H,7-8H2;1-8H2. The van der Waals surface area contributed by atoms with Gasteiger partial charge in [-0.2, -0.15) is 0 Å². The maximum atomic E-state index is 5.73. The molecule has 30 heteroatoms. The fourth-order valence-corrected chi connectivity index (χ4v) is 11.0. The highest BCUT2D eigenvalue weighted by Gasteiger charge is 2.22. The molecule has 3 rings (SSSR count). The minimum Gasteiger partial charge on any atom is -0.399 e. The summed E-state index contributed by atoms with van der Waals surface area (Å²) in [6.45, 7) is 29.4. The van der Waals surface area contributed by atoms with Crippen LogP contribution in [0.5, 0.6) is 0 Å². The minimum atomic E-state index is -0.211. The average Bonchev–Trinajstić information content (AvgIpc) is 0.929. The maximum Gasteiger partial charge on any atom is 0.104 e. The summed E-state index contributed by atoms with van der Waals surface area (Å²) in [5.41, 5.74) is 112. The molecular formula is C79H182N20O10. The molecule has 0 radical (unpaired) electrons. The first kappa shape index (κ1) is 115. The Hall–Kier alpha value is -2.30. The lowest BCUT2D eigenvalue weighted by molar-refractivity contribution is -0.0960. The summed E-state index contributed by atoms with van der Waals surface area (Å²) in [6.07, 6.45) is 29.5. The number of nitrogens with two attached hydrogens (primary N) is 20. The third kappa shape index (κ3) is 92.8. The van der Waals surface area contributed by atoms with Crippen molar-refractivity contribution in [1.29, 1.82) is 0 Å². The van der Waals surface area contributed by atoms with Crippen molar-refractivity contribution in [2.45, 2.75) is 263 Å². The van der Waals surface area contributed by atoms with Gasteiger partial charge in [0, 0.05) is 73.8 Å². The molecule has 0 spiro atoms.